The number of rotatable bonds is 17. The van der Waals surface area contributed by atoms with Gasteiger partial charge in [0.2, 0.25) is 24.8 Å². The van der Waals surface area contributed by atoms with Gasteiger partial charge in [0.25, 0.3) is 0 Å². The van der Waals surface area contributed by atoms with Crippen LogP contribution >= 0.6 is 0 Å². The fourth-order valence-corrected chi connectivity index (χ4v) is 6.64. The van der Waals surface area contributed by atoms with Crippen molar-refractivity contribution < 1.29 is 110 Å². The van der Waals surface area contributed by atoms with Crippen LogP contribution in [0.2, 0.25) is 0 Å². The van der Waals surface area contributed by atoms with E-state index in [2.05, 4.69) is 0 Å². The normalized spacial score (nSPS) is 24.7. The molecule has 2 saturated heterocycles. The molecule has 2 aliphatic rings. The van der Waals surface area contributed by atoms with Crippen molar-refractivity contribution in [3.8, 4) is 23.0 Å². The first-order valence-electron chi connectivity index (χ1n) is 19.9. The molecule has 2 unspecified atom stereocenters. The molecule has 0 aliphatic carbocycles. The van der Waals surface area contributed by atoms with Crippen LogP contribution in [0.15, 0.2) is 42.5 Å². The molecule has 4 rings (SSSR count). The third kappa shape index (κ3) is 14.6. The number of benzene rings is 2. The summed E-state index contributed by atoms with van der Waals surface area (Å²) in [4.78, 5) is 112. The van der Waals surface area contributed by atoms with Gasteiger partial charge < -0.3 is 67.1 Å². The van der Waals surface area contributed by atoms with Crippen LogP contribution in [0.4, 0.5) is 0 Å². The maximum Gasteiger partial charge on any atom is 0.303 e. The Bertz CT molecular complexity index is 2200. The van der Waals surface area contributed by atoms with E-state index in [1.165, 1.54) is 30.3 Å². The maximum atomic E-state index is 13.3. The topological polar surface area (TPSA) is 305 Å². The van der Waals surface area contributed by atoms with Crippen molar-refractivity contribution in [2.75, 3.05) is 13.2 Å². The van der Waals surface area contributed by atoms with Gasteiger partial charge in [0.1, 0.15) is 48.4 Å². The molecule has 0 amide bonds. The molecule has 2 N–H and O–H groups in total. The smallest absolute Gasteiger partial charge is 0.303 e. The van der Waals surface area contributed by atoms with E-state index in [1.807, 2.05) is 0 Å². The van der Waals surface area contributed by atoms with Crippen LogP contribution in [0.25, 0.3) is 6.08 Å². The van der Waals surface area contributed by atoms with E-state index >= 15 is 0 Å². The minimum Gasteiger partial charge on any atom is -0.508 e. The summed E-state index contributed by atoms with van der Waals surface area (Å²) >= 11 is 0. The van der Waals surface area contributed by atoms with Crippen LogP contribution < -0.4 is 9.47 Å². The van der Waals surface area contributed by atoms with E-state index < -0.39 is 134 Å². The number of hydrogen-bond donors (Lipinski definition) is 2. The van der Waals surface area contributed by atoms with Gasteiger partial charge in [-0.2, -0.15) is 0 Å². The fraction of sp³-hybridized carbons (Fsp3) is 0.465. The van der Waals surface area contributed by atoms with E-state index in [0.29, 0.717) is 0 Å². The molecular weight excluding hydrogens is 884 g/mol. The van der Waals surface area contributed by atoms with E-state index in [1.54, 1.807) is 0 Å². The molecule has 0 bridgehead atoms. The van der Waals surface area contributed by atoms with Crippen LogP contribution in [0.1, 0.15) is 71.3 Å². The number of aromatic hydroxyl groups is 2. The van der Waals surface area contributed by atoms with Crippen LogP contribution in [0.3, 0.4) is 0 Å². The second-order valence-electron chi connectivity index (χ2n) is 14.5. The fourth-order valence-electron chi connectivity index (χ4n) is 6.64. The van der Waals surface area contributed by atoms with Crippen molar-refractivity contribution in [1.82, 2.24) is 0 Å². The van der Waals surface area contributed by atoms with Gasteiger partial charge in [0.05, 0.1) is 5.56 Å². The lowest BCUT2D eigenvalue weighted by molar-refractivity contribution is -0.289. The molecule has 2 aromatic rings. The van der Waals surface area contributed by atoms with Crippen LogP contribution in [0.5, 0.6) is 23.0 Å². The molecule has 10 atom stereocenters. The van der Waals surface area contributed by atoms with Crippen LogP contribution in [0, 0.1) is 0 Å². The average molecular weight is 933 g/mol. The second-order valence-corrected chi connectivity index (χ2v) is 14.5. The molecule has 66 heavy (non-hydrogen) atoms. The van der Waals surface area contributed by atoms with E-state index in [0.717, 1.165) is 73.6 Å². The Morgan fingerprint density at radius 2 is 0.939 bits per heavy atom. The summed E-state index contributed by atoms with van der Waals surface area (Å²) in [5.41, 5.74) is -0.182. The Labute approximate surface area is 376 Å². The minimum atomic E-state index is -1.82. The molecule has 0 aromatic heterocycles. The number of ether oxygens (including phenoxy) is 12. The third-order valence-corrected chi connectivity index (χ3v) is 9.04. The average Bonchev–Trinajstić information content (AvgIpc) is 3.19. The Balaban J connectivity index is 1.89. The first kappa shape index (κ1) is 51.4. The van der Waals surface area contributed by atoms with E-state index in [4.69, 9.17) is 56.8 Å². The lowest BCUT2D eigenvalue weighted by Crippen LogP contribution is -2.63. The molecule has 0 saturated carbocycles. The highest BCUT2D eigenvalue weighted by atomic mass is 16.8. The second kappa shape index (κ2) is 23.1. The highest BCUT2D eigenvalue weighted by molar-refractivity contribution is 6.08. The quantitative estimate of drug-likeness (QED) is 0.0990. The number of carbonyl (C=O) groups excluding carboxylic acids is 9. The highest BCUT2D eigenvalue weighted by Gasteiger charge is 2.55. The molecule has 2 aromatic carbocycles. The van der Waals surface area contributed by atoms with Gasteiger partial charge in [-0.25, -0.2) is 0 Å². The predicted molar refractivity (Wildman–Crippen MR) is 215 cm³/mol. The molecule has 23 heteroatoms. The lowest BCUT2D eigenvalue weighted by atomic mass is 9.98. The summed E-state index contributed by atoms with van der Waals surface area (Å²) in [5, 5.41) is 20.1. The third-order valence-electron chi connectivity index (χ3n) is 9.04. The molecule has 2 aliphatic heterocycles. The summed E-state index contributed by atoms with van der Waals surface area (Å²) in [6.45, 7) is 7.13. The summed E-state index contributed by atoms with van der Waals surface area (Å²) < 4.78 is 67.8. The zero-order valence-electron chi connectivity index (χ0n) is 36.8. The number of carbonyl (C=O) groups is 9. The van der Waals surface area contributed by atoms with Crippen molar-refractivity contribution in [3.63, 3.8) is 0 Å². The number of phenols is 2. The Hall–Kier alpha value is -7.27. The first-order chi connectivity index (χ1) is 31.0. The lowest BCUT2D eigenvalue weighted by Gasteiger charge is -2.44. The van der Waals surface area contributed by atoms with Crippen molar-refractivity contribution >= 4 is 59.6 Å². The largest absolute Gasteiger partial charge is 0.508 e. The number of esters is 8. The van der Waals surface area contributed by atoms with Gasteiger partial charge in [-0.1, -0.05) is 0 Å². The summed E-state index contributed by atoms with van der Waals surface area (Å²) in [7, 11) is 0. The van der Waals surface area contributed by atoms with Crippen LogP contribution in [-0.2, 0) is 85.7 Å². The van der Waals surface area contributed by atoms with E-state index in [9.17, 15) is 53.4 Å². The SMILES string of the molecule is CC(=O)OC[C@H]1OC(Oc2ccc(C=CC(=O)c3ccc(O)cc3O)c(OC3O[C@H](COC(C)=O)[C@@H](OC(C)=O)[C@H](OC(C)=O)[C@H]3OC(C)=O)c2)[C@H](OC(C)=O)[C@@H](OC(C)=O)[C@@H]1OC(C)=O. The van der Waals surface area contributed by atoms with Crippen molar-refractivity contribution in [2.45, 2.75) is 117 Å². The number of phenolic OH excluding ortho intramolecular Hbond substituents is 2. The Kier molecular flexibility index (Phi) is 18.0. The first-order valence-corrected chi connectivity index (χ1v) is 19.9. The minimum absolute atomic E-state index is 0.0309. The zero-order chi connectivity index (χ0) is 49.0. The van der Waals surface area contributed by atoms with Gasteiger partial charge in [-0.15, -0.1) is 0 Å². The Morgan fingerprint density at radius 1 is 0.515 bits per heavy atom. The molecule has 2 fully saturated rings. The molecule has 23 nitrogen and oxygen atoms in total. The summed E-state index contributed by atoms with van der Waals surface area (Å²) in [6, 6.07) is 7.07. The van der Waals surface area contributed by atoms with Gasteiger partial charge in [-0.3, -0.25) is 43.2 Å². The zero-order valence-corrected chi connectivity index (χ0v) is 36.8. The van der Waals surface area contributed by atoms with Gasteiger partial charge in [0.15, 0.2) is 30.2 Å². The molecule has 0 radical (unpaired) electrons. The van der Waals surface area contributed by atoms with E-state index in [-0.39, 0.29) is 28.4 Å². The number of allylic oxidation sites excluding steroid dienone is 1. The molecule has 2 heterocycles. The van der Waals surface area contributed by atoms with Crippen LogP contribution in [-0.4, -0.2) is 138 Å². The molecular formula is C43H48O23. The number of ketones is 1. The van der Waals surface area contributed by atoms with Gasteiger partial charge in [0, 0.05) is 73.1 Å². The monoisotopic (exact) mass is 932 g/mol. The molecule has 0 spiro atoms. The summed E-state index contributed by atoms with van der Waals surface area (Å²) in [6.07, 6.45) is -14.0. The van der Waals surface area contributed by atoms with Crippen molar-refractivity contribution in [1.29, 1.82) is 0 Å². The predicted octanol–water partition coefficient (Wildman–Crippen LogP) is 1.92. The molecule has 358 valence electrons. The summed E-state index contributed by atoms with van der Waals surface area (Å²) in [5.74, 6) is -9.14. The standard InChI is InChI=1S/C43H48O23/c1-19(44)55-17-34-36(57-21(3)46)38(59-23(5)48)40(61-25(7)50)42(65-34)63-29-12-9-27(10-14-31(53)30-13-11-28(52)15-32(30)54)33(16-29)64-43-41(62-26(8)51)39(60-24(6)49)37(58-22(4)47)35(66-43)18-56-20(2)45/h9-16,34-43,52,54H,17-18H2,1-8H3/t34-,35-,36-,37-,38+,39+,40-,41-,42?,43?/m1/s1. The van der Waals surface area contributed by atoms with Gasteiger partial charge in [-0.05, 0) is 36.4 Å². The van der Waals surface area contributed by atoms with Crippen molar-refractivity contribution in [2.24, 2.45) is 0 Å². The van der Waals surface area contributed by atoms with Gasteiger partial charge >= 0.3 is 47.8 Å². The highest BCUT2D eigenvalue weighted by Crippen LogP contribution is 2.37. The Morgan fingerprint density at radius 3 is 1.36 bits per heavy atom. The maximum absolute atomic E-state index is 13.3. The number of hydrogen-bond acceptors (Lipinski definition) is 23. The van der Waals surface area contributed by atoms with Crippen molar-refractivity contribution in [3.05, 3.63) is 53.6 Å².